The molecule has 1 aromatic heterocycles. The lowest BCUT2D eigenvalue weighted by Crippen LogP contribution is -2.33. The second-order valence-corrected chi connectivity index (χ2v) is 8.18. The monoisotopic (exact) mass is 425 g/mol. The van der Waals surface area contributed by atoms with Gasteiger partial charge in [-0.3, -0.25) is 9.59 Å². The Morgan fingerprint density at radius 1 is 0.969 bits per heavy atom. The van der Waals surface area contributed by atoms with Gasteiger partial charge in [0.05, 0.1) is 17.6 Å². The first-order valence-corrected chi connectivity index (χ1v) is 10.9. The van der Waals surface area contributed by atoms with Gasteiger partial charge in [0, 0.05) is 11.6 Å². The van der Waals surface area contributed by atoms with Gasteiger partial charge in [0.15, 0.2) is 0 Å². The molecule has 4 rings (SSSR count). The Morgan fingerprint density at radius 3 is 2.31 bits per heavy atom. The summed E-state index contributed by atoms with van der Waals surface area (Å²) in [7, 11) is 0. The molecule has 1 unspecified atom stereocenters. The summed E-state index contributed by atoms with van der Waals surface area (Å²) >= 11 is 0. The molecule has 0 saturated carbocycles. The number of hydrogen-bond acceptors (Lipinski definition) is 3. The van der Waals surface area contributed by atoms with Crippen LogP contribution in [-0.2, 0) is 13.0 Å². The highest BCUT2D eigenvalue weighted by molar-refractivity contribution is 5.97. The summed E-state index contributed by atoms with van der Waals surface area (Å²) in [6, 6.07) is 25.5. The first-order chi connectivity index (χ1) is 15.5. The van der Waals surface area contributed by atoms with Crippen molar-refractivity contribution < 1.29 is 4.79 Å². The average molecular weight is 426 g/mol. The number of rotatable bonds is 7. The van der Waals surface area contributed by atoms with E-state index in [9.17, 15) is 9.59 Å². The standard InChI is InChI=1S/C27H27N3O2/c1-19(13-14-21-9-5-3-6-10-21)28-26(31)23-15-16-25-24(17-23)29-20(2)27(32)30(25)18-22-11-7-4-8-12-22/h3-12,15-17,19H,13-14,18H2,1-2H3,(H,28,31). The molecule has 32 heavy (non-hydrogen) atoms. The molecular formula is C27H27N3O2. The van der Waals surface area contributed by atoms with Crippen LogP contribution in [0.1, 0.15) is 40.5 Å². The molecular weight excluding hydrogens is 398 g/mol. The fourth-order valence-corrected chi connectivity index (χ4v) is 3.85. The molecule has 0 aliphatic heterocycles. The zero-order chi connectivity index (χ0) is 22.5. The number of carbonyl (C=O) groups is 1. The van der Waals surface area contributed by atoms with Crippen LogP contribution in [0.15, 0.2) is 83.7 Å². The van der Waals surface area contributed by atoms with Crippen molar-refractivity contribution in [1.29, 1.82) is 0 Å². The Morgan fingerprint density at radius 2 is 1.62 bits per heavy atom. The maximum Gasteiger partial charge on any atom is 0.272 e. The van der Waals surface area contributed by atoms with E-state index in [-0.39, 0.29) is 17.5 Å². The van der Waals surface area contributed by atoms with Crippen molar-refractivity contribution in [3.63, 3.8) is 0 Å². The summed E-state index contributed by atoms with van der Waals surface area (Å²) in [5.41, 5.74) is 4.50. The first kappa shape index (κ1) is 21.5. The Labute approximate surface area is 187 Å². The molecule has 1 atom stereocenters. The normalized spacial score (nSPS) is 11.9. The number of aromatic nitrogens is 2. The molecule has 5 heteroatoms. The predicted molar refractivity (Wildman–Crippen MR) is 128 cm³/mol. The number of carbonyl (C=O) groups excluding carboxylic acids is 1. The second-order valence-electron chi connectivity index (χ2n) is 8.18. The molecule has 1 N–H and O–H groups in total. The highest BCUT2D eigenvalue weighted by atomic mass is 16.1. The van der Waals surface area contributed by atoms with Gasteiger partial charge >= 0.3 is 0 Å². The molecule has 5 nitrogen and oxygen atoms in total. The van der Waals surface area contributed by atoms with E-state index in [4.69, 9.17) is 0 Å². The van der Waals surface area contributed by atoms with E-state index >= 15 is 0 Å². The molecule has 1 amide bonds. The largest absolute Gasteiger partial charge is 0.350 e. The SMILES string of the molecule is Cc1nc2cc(C(=O)NC(C)CCc3ccccc3)ccc2n(Cc2ccccc2)c1=O. The van der Waals surface area contributed by atoms with Crippen LogP contribution >= 0.6 is 0 Å². The zero-order valence-corrected chi connectivity index (χ0v) is 18.4. The molecule has 1 heterocycles. The van der Waals surface area contributed by atoms with Gasteiger partial charge in [0.25, 0.3) is 11.5 Å². The van der Waals surface area contributed by atoms with E-state index < -0.39 is 0 Å². The van der Waals surface area contributed by atoms with Crippen LogP contribution in [0.25, 0.3) is 11.0 Å². The Kier molecular flexibility index (Phi) is 6.45. The number of benzene rings is 3. The minimum atomic E-state index is -0.132. The van der Waals surface area contributed by atoms with E-state index in [2.05, 4.69) is 22.4 Å². The van der Waals surface area contributed by atoms with E-state index in [1.165, 1.54) is 5.56 Å². The van der Waals surface area contributed by atoms with Gasteiger partial charge in [-0.05, 0) is 56.0 Å². The number of nitrogens with one attached hydrogen (secondary N) is 1. The summed E-state index contributed by atoms with van der Waals surface area (Å²) < 4.78 is 1.72. The molecule has 0 bridgehead atoms. The Balaban J connectivity index is 1.53. The third kappa shape index (κ3) is 4.94. The Hall–Kier alpha value is -3.73. The third-order valence-electron chi connectivity index (χ3n) is 5.64. The zero-order valence-electron chi connectivity index (χ0n) is 18.4. The minimum absolute atomic E-state index is 0.0418. The minimum Gasteiger partial charge on any atom is -0.350 e. The van der Waals surface area contributed by atoms with Crippen LogP contribution in [0.5, 0.6) is 0 Å². The summed E-state index contributed by atoms with van der Waals surface area (Å²) in [6.07, 6.45) is 1.77. The molecule has 0 fully saturated rings. The van der Waals surface area contributed by atoms with Gasteiger partial charge in [-0.1, -0.05) is 60.7 Å². The molecule has 4 aromatic rings. The van der Waals surface area contributed by atoms with Crippen LogP contribution in [0.4, 0.5) is 0 Å². The molecule has 0 radical (unpaired) electrons. The summed E-state index contributed by atoms with van der Waals surface area (Å²) in [6.45, 7) is 4.19. The molecule has 0 aliphatic carbocycles. The van der Waals surface area contributed by atoms with Gasteiger partial charge in [0.1, 0.15) is 5.69 Å². The van der Waals surface area contributed by atoms with E-state index in [1.807, 2.05) is 61.5 Å². The number of hydrogen-bond donors (Lipinski definition) is 1. The second kappa shape index (κ2) is 9.60. The van der Waals surface area contributed by atoms with Gasteiger partial charge in [0.2, 0.25) is 0 Å². The topological polar surface area (TPSA) is 64.0 Å². The third-order valence-corrected chi connectivity index (χ3v) is 5.64. The summed E-state index contributed by atoms with van der Waals surface area (Å²) in [5.74, 6) is -0.132. The molecule has 162 valence electrons. The molecule has 0 spiro atoms. The predicted octanol–water partition coefficient (Wildman–Crippen LogP) is 4.50. The van der Waals surface area contributed by atoms with Gasteiger partial charge in [-0.15, -0.1) is 0 Å². The van der Waals surface area contributed by atoms with Crippen LogP contribution in [0, 0.1) is 6.92 Å². The number of fused-ring (bicyclic) bond motifs is 1. The lowest BCUT2D eigenvalue weighted by molar-refractivity contribution is 0.0938. The van der Waals surface area contributed by atoms with Crippen LogP contribution in [0.2, 0.25) is 0 Å². The molecule has 0 aliphatic rings. The van der Waals surface area contributed by atoms with Crippen molar-refractivity contribution in [2.75, 3.05) is 0 Å². The lowest BCUT2D eigenvalue weighted by atomic mass is 10.1. The van der Waals surface area contributed by atoms with Gasteiger partial charge in [-0.2, -0.15) is 0 Å². The molecule has 3 aromatic carbocycles. The van der Waals surface area contributed by atoms with E-state index in [1.54, 1.807) is 23.6 Å². The van der Waals surface area contributed by atoms with Crippen molar-refractivity contribution >= 4 is 16.9 Å². The van der Waals surface area contributed by atoms with Crippen molar-refractivity contribution in [2.24, 2.45) is 0 Å². The average Bonchev–Trinajstić information content (AvgIpc) is 2.81. The van der Waals surface area contributed by atoms with Crippen molar-refractivity contribution in [3.05, 3.63) is 112 Å². The smallest absolute Gasteiger partial charge is 0.272 e. The van der Waals surface area contributed by atoms with E-state index in [0.717, 1.165) is 23.9 Å². The van der Waals surface area contributed by atoms with Crippen molar-refractivity contribution in [2.45, 2.75) is 39.3 Å². The van der Waals surface area contributed by atoms with Crippen LogP contribution in [0.3, 0.4) is 0 Å². The highest BCUT2D eigenvalue weighted by Crippen LogP contribution is 2.16. The quantitative estimate of drug-likeness (QED) is 0.474. The first-order valence-electron chi connectivity index (χ1n) is 10.9. The van der Waals surface area contributed by atoms with Crippen molar-refractivity contribution in [1.82, 2.24) is 14.9 Å². The maximum atomic E-state index is 12.8. The summed E-state index contributed by atoms with van der Waals surface area (Å²) in [5, 5.41) is 3.08. The number of amides is 1. The van der Waals surface area contributed by atoms with Crippen molar-refractivity contribution in [3.8, 4) is 0 Å². The fourth-order valence-electron chi connectivity index (χ4n) is 3.85. The summed E-state index contributed by atoms with van der Waals surface area (Å²) in [4.78, 5) is 30.1. The fraction of sp³-hybridized carbons (Fsp3) is 0.222. The van der Waals surface area contributed by atoms with Crippen LogP contribution in [-0.4, -0.2) is 21.5 Å². The molecule has 0 saturated heterocycles. The highest BCUT2D eigenvalue weighted by Gasteiger charge is 2.14. The number of nitrogens with zero attached hydrogens (tertiary/aromatic N) is 2. The Bertz CT molecular complexity index is 1280. The number of aryl methyl sites for hydroxylation is 2. The lowest BCUT2D eigenvalue weighted by Gasteiger charge is -2.15. The van der Waals surface area contributed by atoms with Gasteiger partial charge < -0.3 is 9.88 Å². The maximum absolute atomic E-state index is 12.8. The van der Waals surface area contributed by atoms with Gasteiger partial charge in [-0.25, -0.2) is 4.98 Å². The van der Waals surface area contributed by atoms with Crippen LogP contribution < -0.4 is 10.9 Å². The van der Waals surface area contributed by atoms with E-state index in [0.29, 0.717) is 23.3 Å².